The predicted octanol–water partition coefficient (Wildman–Crippen LogP) is 8.06. The molecule has 0 saturated heterocycles. The lowest BCUT2D eigenvalue weighted by atomic mass is 9.95. The summed E-state index contributed by atoms with van der Waals surface area (Å²) in [6.07, 6.45) is 1.78. The number of furan rings is 1. The number of aromatic nitrogens is 1. The fourth-order valence-electron chi connectivity index (χ4n) is 4.31. The number of nitrogens with zero attached hydrogens (tertiary/aromatic N) is 1. The number of pyridine rings is 1. The van der Waals surface area contributed by atoms with Crippen LogP contribution in [0.5, 0.6) is 0 Å². The average Bonchev–Trinajstić information content (AvgIpc) is 3.11. The summed E-state index contributed by atoms with van der Waals surface area (Å²) >= 11 is 0. The summed E-state index contributed by atoms with van der Waals surface area (Å²) < 4.78 is 14.8. The van der Waals surface area contributed by atoms with Gasteiger partial charge >= 0.3 is 0 Å². The molecule has 148 valence electrons. The number of hydrogen-bond acceptors (Lipinski definition) is 2. The van der Waals surface area contributed by atoms with Gasteiger partial charge in [-0.25, -0.2) is 0 Å². The maximum atomic E-state index is 8.39. The van der Waals surface area contributed by atoms with Crippen LogP contribution >= 0.6 is 0 Å². The standard InChI is InChI=1S/C28H25NO/c1-17(2)20-11-12-29-25(16-20)23-8-5-9-24-27-22(7-6-10-26(27)30-28(23)24)21-14-18(3)13-19(4)15-21/h5-17H,1-4H3/i17D. The second-order valence-corrected chi connectivity index (χ2v) is 8.27. The summed E-state index contributed by atoms with van der Waals surface area (Å²) in [6, 6.07) is 23.0. The Morgan fingerprint density at radius 1 is 0.867 bits per heavy atom. The lowest BCUT2D eigenvalue weighted by Gasteiger charge is -2.08. The highest BCUT2D eigenvalue weighted by molar-refractivity contribution is 6.15. The van der Waals surface area contributed by atoms with Crippen molar-refractivity contribution >= 4 is 21.9 Å². The Labute approximate surface area is 178 Å². The molecule has 0 atom stereocenters. The van der Waals surface area contributed by atoms with Gasteiger partial charge in [0.25, 0.3) is 0 Å². The largest absolute Gasteiger partial charge is 0.455 e. The summed E-state index contributed by atoms with van der Waals surface area (Å²) in [4.78, 5) is 4.60. The van der Waals surface area contributed by atoms with Crippen molar-refractivity contribution in [3.8, 4) is 22.4 Å². The molecule has 0 saturated carbocycles. The molecular weight excluding hydrogens is 366 g/mol. The summed E-state index contributed by atoms with van der Waals surface area (Å²) in [5, 5.41) is 2.21. The molecule has 0 radical (unpaired) electrons. The van der Waals surface area contributed by atoms with Crippen LogP contribution in [0, 0.1) is 13.8 Å². The Hall–Kier alpha value is -3.39. The lowest BCUT2D eigenvalue weighted by Crippen LogP contribution is -1.91. The maximum absolute atomic E-state index is 8.39. The predicted molar refractivity (Wildman–Crippen MR) is 126 cm³/mol. The second-order valence-electron chi connectivity index (χ2n) is 8.27. The van der Waals surface area contributed by atoms with Crippen LogP contribution in [0.4, 0.5) is 0 Å². The van der Waals surface area contributed by atoms with Gasteiger partial charge in [-0.3, -0.25) is 4.98 Å². The van der Waals surface area contributed by atoms with Crippen LogP contribution < -0.4 is 0 Å². The first kappa shape index (κ1) is 17.5. The molecule has 2 nitrogen and oxygen atoms in total. The summed E-state index contributed by atoms with van der Waals surface area (Å²) in [6.45, 7) is 8.05. The Morgan fingerprint density at radius 2 is 1.60 bits per heavy atom. The molecular formula is C28H25NO. The van der Waals surface area contributed by atoms with Gasteiger partial charge in [-0.05, 0) is 60.7 Å². The summed E-state index contributed by atoms with van der Waals surface area (Å²) in [5.41, 5.74) is 9.29. The first-order valence-electron chi connectivity index (χ1n) is 10.8. The third-order valence-electron chi connectivity index (χ3n) is 5.67. The van der Waals surface area contributed by atoms with Crippen molar-refractivity contribution in [1.29, 1.82) is 0 Å². The van der Waals surface area contributed by atoms with E-state index in [0.29, 0.717) is 0 Å². The highest BCUT2D eigenvalue weighted by Crippen LogP contribution is 2.40. The average molecular weight is 393 g/mol. The fourth-order valence-corrected chi connectivity index (χ4v) is 4.31. The van der Waals surface area contributed by atoms with E-state index in [0.717, 1.165) is 38.8 Å². The molecule has 0 aliphatic heterocycles. The Balaban J connectivity index is 1.78. The van der Waals surface area contributed by atoms with E-state index in [9.17, 15) is 0 Å². The minimum Gasteiger partial charge on any atom is -0.455 e. The zero-order chi connectivity index (χ0) is 21.8. The van der Waals surface area contributed by atoms with Gasteiger partial charge in [-0.1, -0.05) is 67.4 Å². The molecule has 2 aromatic heterocycles. The number of hydrogen-bond donors (Lipinski definition) is 0. The fraction of sp³-hybridized carbons (Fsp3) is 0.179. The molecule has 0 aliphatic carbocycles. The van der Waals surface area contributed by atoms with E-state index in [1.165, 1.54) is 22.3 Å². The van der Waals surface area contributed by atoms with Gasteiger partial charge in [0.2, 0.25) is 0 Å². The van der Waals surface area contributed by atoms with Crippen LogP contribution in [0.15, 0.2) is 77.3 Å². The maximum Gasteiger partial charge on any atom is 0.144 e. The number of rotatable bonds is 3. The van der Waals surface area contributed by atoms with Crippen molar-refractivity contribution in [3.05, 3.63) is 89.6 Å². The first-order valence-corrected chi connectivity index (χ1v) is 10.3. The van der Waals surface area contributed by atoms with Crippen molar-refractivity contribution in [1.82, 2.24) is 4.98 Å². The van der Waals surface area contributed by atoms with Crippen molar-refractivity contribution in [3.63, 3.8) is 0 Å². The highest BCUT2D eigenvalue weighted by Gasteiger charge is 2.17. The molecule has 0 N–H and O–H groups in total. The van der Waals surface area contributed by atoms with E-state index < -0.39 is 5.89 Å². The molecule has 0 bridgehead atoms. The summed E-state index contributed by atoms with van der Waals surface area (Å²) in [5.74, 6) is -0.685. The van der Waals surface area contributed by atoms with Gasteiger partial charge in [0, 0.05) is 23.9 Å². The summed E-state index contributed by atoms with van der Waals surface area (Å²) in [7, 11) is 0. The zero-order valence-electron chi connectivity index (χ0n) is 18.8. The molecule has 0 spiro atoms. The van der Waals surface area contributed by atoms with Gasteiger partial charge in [0.15, 0.2) is 0 Å². The van der Waals surface area contributed by atoms with E-state index in [-0.39, 0.29) is 0 Å². The van der Waals surface area contributed by atoms with Crippen LogP contribution in [-0.2, 0) is 0 Å². The zero-order valence-corrected chi connectivity index (χ0v) is 17.8. The Kier molecular flexibility index (Phi) is 4.16. The van der Waals surface area contributed by atoms with Crippen LogP contribution in [0.25, 0.3) is 44.3 Å². The molecule has 5 rings (SSSR count). The topological polar surface area (TPSA) is 26.0 Å². The van der Waals surface area contributed by atoms with Gasteiger partial charge in [-0.2, -0.15) is 0 Å². The van der Waals surface area contributed by atoms with Crippen LogP contribution in [0.1, 0.15) is 37.8 Å². The molecule has 0 unspecified atom stereocenters. The monoisotopic (exact) mass is 392 g/mol. The van der Waals surface area contributed by atoms with E-state index in [4.69, 9.17) is 5.79 Å². The Bertz CT molecular complexity index is 1420. The first-order chi connectivity index (χ1) is 14.8. The van der Waals surface area contributed by atoms with Gasteiger partial charge in [-0.15, -0.1) is 0 Å². The van der Waals surface area contributed by atoms with Crippen LogP contribution in [0.3, 0.4) is 0 Å². The molecule has 0 fully saturated rings. The second kappa shape index (κ2) is 7.14. The number of benzene rings is 3. The quantitative estimate of drug-likeness (QED) is 0.310. The van der Waals surface area contributed by atoms with E-state index >= 15 is 0 Å². The van der Waals surface area contributed by atoms with Gasteiger partial charge < -0.3 is 4.42 Å². The molecule has 5 aromatic rings. The normalized spacial score (nSPS) is 12.5. The Morgan fingerprint density at radius 3 is 2.37 bits per heavy atom. The van der Waals surface area contributed by atoms with Crippen molar-refractivity contribution in [2.24, 2.45) is 0 Å². The van der Waals surface area contributed by atoms with Crippen molar-refractivity contribution in [2.75, 3.05) is 0 Å². The van der Waals surface area contributed by atoms with E-state index in [2.05, 4.69) is 61.3 Å². The minimum atomic E-state index is -0.685. The van der Waals surface area contributed by atoms with Crippen LogP contribution in [-0.4, -0.2) is 4.98 Å². The number of fused-ring (bicyclic) bond motifs is 3. The molecule has 3 aromatic carbocycles. The van der Waals surface area contributed by atoms with E-state index in [1.54, 1.807) is 6.20 Å². The number of aryl methyl sites for hydroxylation is 2. The molecule has 30 heavy (non-hydrogen) atoms. The van der Waals surface area contributed by atoms with Gasteiger partial charge in [0.05, 0.1) is 5.69 Å². The highest BCUT2D eigenvalue weighted by atomic mass is 16.3. The SMILES string of the molecule is [2H]C(C)(C)c1ccnc(-c2cccc3c2oc2cccc(-c4cc(C)cc(C)c4)c23)c1. The molecule has 2 heteroatoms. The molecule has 2 heterocycles. The van der Waals surface area contributed by atoms with Crippen molar-refractivity contribution < 1.29 is 5.79 Å². The lowest BCUT2D eigenvalue weighted by molar-refractivity contribution is 0.670. The van der Waals surface area contributed by atoms with Crippen molar-refractivity contribution in [2.45, 2.75) is 33.6 Å². The smallest absolute Gasteiger partial charge is 0.144 e. The van der Waals surface area contributed by atoms with Gasteiger partial charge in [0.1, 0.15) is 11.2 Å². The minimum absolute atomic E-state index is 0.685. The third-order valence-corrected chi connectivity index (χ3v) is 5.67. The van der Waals surface area contributed by atoms with E-state index in [1.807, 2.05) is 38.1 Å². The van der Waals surface area contributed by atoms with Crippen LogP contribution in [0.2, 0.25) is 0 Å². The molecule has 0 amide bonds. The molecule has 0 aliphatic rings. The number of para-hydroxylation sites is 1. The third kappa shape index (κ3) is 3.09.